The van der Waals surface area contributed by atoms with Crippen LogP contribution in [0.15, 0.2) is 79.0 Å². The molecule has 6 heteroatoms. The van der Waals surface area contributed by atoms with Gasteiger partial charge in [-0.2, -0.15) is 0 Å². The largest absolute Gasteiger partial charge is 0.494 e. The molecule has 1 amide bonds. The number of rotatable bonds is 6. The first-order valence-corrected chi connectivity index (χ1v) is 11.0. The molecule has 0 bridgehead atoms. The lowest BCUT2D eigenvalue weighted by Gasteiger charge is -2.19. The van der Waals surface area contributed by atoms with Crippen LogP contribution in [-0.2, 0) is 6.54 Å². The number of thiazole rings is 1. The van der Waals surface area contributed by atoms with Gasteiger partial charge < -0.3 is 9.72 Å². The van der Waals surface area contributed by atoms with Crippen LogP contribution in [0.3, 0.4) is 0 Å². The summed E-state index contributed by atoms with van der Waals surface area (Å²) in [4.78, 5) is 23.5. The standard InChI is InChI=1S/C25H21N3O2S/c1-2-30-18-12-13-22-23(14-18)31-25(27-22)28(16-17-8-4-3-5-9-17)24(29)20-15-26-21-11-7-6-10-19(20)21/h3-15,26H,2,16H2,1H3. The molecule has 0 radical (unpaired) electrons. The molecular weight excluding hydrogens is 406 g/mol. The molecule has 0 unspecified atom stereocenters. The molecule has 1 N–H and O–H groups in total. The quantitative estimate of drug-likeness (QED) is 0.360. The maximum atomic E-state index is 13.7. The van der Waals surface area contributed by atoms with Crippen LogP contribution >= 0.6 is 11.3 Å². The highest BCUT2D eigenvalue weighted by molar-refractivity contribution is 7.22. The van der Waals surface area contributed by atoms with Crippen molar-refractivity contribution in [3.8, 4) is 5.75 Å². The average molecular weight is 428 g/mol. The van der Waals surface area contributed by atoms with Crippen LogP contribution < -0.4 is 9.64 Å². The molecule has 0 atom stereocenters. The van der Waals surface area contributed by atoms with Crippen LogP contribution in [0.4, 0.5) is 5.13 Å². The Kier molecular flexibility index (Phi) is 5.14. The summed E-state index contributed by atoms with van der Waals surface area (Å²) in [5.74, 6) is 0.730. The molecule has 0 aliphatic rings. The first-order valence-electron chi connectivity index (χ1n) is 10.2. The highest BCUT2D eigenvalue weighted by Gasteiger charge is 2.24. The maximum Gasteiger partial charge on any atom is 0.262 e. The highest BCUT2D eigenvalue weighted by atomic mass is 32.1. The van der Waals surface area contributed by atoms with Crippen molar-refractivity contribution >= 4 is 43.5 Å². The van der Waals surface area contributed by atoms with Gasteiger partial charge in [0.05, 0.1) is 28.9 Å². The molecule has 0 spiro atoms. The summed E-state index contributed by atoms with van der Waals surface area (Å²) in [7, 11) is 0. The van der Waals surface area contributed by atoms with Crippen molar-refractivity contribution in [2.75, 3.05) is 11.5 Å². The van der Waals surface area contributed by atoms with Crippen LogP contribution in [0.1, 0.15) is 22.8 Å². The number of aromatic nitrogens is 2. The fraction of sp³-hybridized carbons (Fsp3) is 0.120. The van der Waals surface area contributed by atoms with Crippen LogP contribution in [-0.4, -0.2) is 22.5 Å². The second-order valence-corrected chi connectivity index (χ2v) is 8.19. The van der Waals surface area contributed by atoms with Crippen LogP contribution in [0.2, 0.25) is 0 Å². The molecule has 3 aromatic carbocycles. The number of benzene rings is 3. The Morgan fingerprint density at radius 1 is 1.06 bits per heavy atom. The summed E-state index contributed by atoms with van der Waals surface area (Å²) >= 11 is 1.50. The summed E-state index contributed by atoms with van der Waals surface area (Å²) < 4.78 is 6.62. The Bertz CT molecular complexity index is 1360. The predicted molar refractivity (Wildman–Crippen MR) is 126 cm³/mol. The molecular formula is C25H21N3O2S. The number of hydrogen-bond donors (Lipinski definition) is 1. The van der Waals surface area contributed by atoms with E-state index >= 15 is 0 Å². The van der Waals surface area contributed by atoms with E-state index < -0.39 is 0 Å². The normalized spacial score (nSPS) is 11.1. The zero-order chi connectivity index (χ0) is 21.2. The number of amides is 1. The van der Waals surface area contributed by atoms with Crippen LogP contribution in [0.5, 0.6) is 5.75 Å². The monoisotopic (exact) mass is 427 g/mol. The van der Waals surface area contributed by atoms with Gasteiger partial charge in [0.1, 0.15) is 5.75 Å². The molecule has 0 aliphatic heterocycles. The van der Waals surface area contributed by atoms with E-state index in [1.54, 1.807) is 11.1 Å². The Hall–Kier alpha value is -3.64. The first kappa shape index (κ1) is 19.3. The Morgan fingerprint density at radius 2 is 1.87 bits per heavy atom. The van der Waals surface area contributed by atoms with E-state index in [1.165, 1.54) is 11.3 Å². The van der Waals surface area contributed by atoms with E-state index in [0.29, 0.717) is 23.8 Å². The minimum absolute atomic E-state index is 0.0783. The summed E-state index contributed by atoms with van der Waals surface area (Å²) in [5.41, 5.74) is 3.48. The zero-order valence-electron chi connectivity index (χ0n) is 17.0. The maximum absolute atomic E-state index is 13.7. The van der Waals surface area contributed by atoms with Crippen molar-refractivity contribution in [2.45, 2.75) is 13.5 Å². The molecule has 5 rings (SSSR count). The fourth-order valence-electron chi connectivity index (χ4n) is 3.65. The van der Waals surface area contributed by atoms with Gasteiger partial charge in [-0.05, 0) is 36.8 Å². The second-order valence-electron chi connectivity index (χ2n) is 7.18. The molecule has 0 aliphatic carbocycles. The van der Waals surface area contributed by atoms with E-state index in [2.05, 4.69) is 4.98 Å². The Balaban J connectivity index is 1.58. The predicted octanol–water partition coefficient (Wildman–Crippen LogP) is 6.02. The lowest BCUT2D eigenvalue weighted by atomic mass is 10.1. The third-order valence-corrected chi connectivity index (χ3v) is 6.18. The summed E-state index contributed by atoms with van der Waals surface area (Å²) in [6.45, 7) is 3.01. The molecule has 5 aromatic rings. The van der Waals surface area contributed by atoms with Crippen LogP contribution in [0, 0.1) is 0 Å². The molecule has 0 fully saturated rings. The van der Waals surface area contributed by atoms with Crippen molar-refractivity contribution in [2.24, 2.45) is 0 Å². The number of ether oxygens (including phenoxy) is 1. The van der Waals surface area contributed by atoms with E-state index in [-0.39, 0.29) is 5.91 Å². The van der Waals surface area contributed by atoms with Gasteiger partial charge in [0, 0.05) is 17.1 Å². The molecule has 2 aromatic heterocycles. The van der Waals surface area contributed by atoms with Crippen molar-refractivity contribution in [3.05, 3.63) is 90.1 Å². The van der Waals surface area contributed by atoms with Gasteiger partial charge in [-0.25, -0.2) is 4.98 Å². The van der Waals surface area contributed by atoms with Crippen molar-refractivity contribution < 1.29 is 9.53 Å². The van der Waals surface area contributed by atoms with E-state index in [4.69, 9.17) is 9.72 Å². The average Bonchev–Trinajstić information content (AvgIpc) is 3.42. The van der Waals surface area contributed by atoms with Crippen molar-refractivity contribution in [1.82, 2.24) is 9.97 Å². The molecule has 154 valence electrons. The minimum Gasteiger partial charge on any atom is -0.494 e. The van der Waals surface area contributed by atoms with Gasteiger partial charge in [0.2, 0.25) is 0 Å². The molecule has 5 nitrogen and oxygen atoms in total. The fourth-order valence-corrected chi connectivity index (χ4v) is 4.64. The molecule has 2 heterocycles. The number of hydrogen-bond acceptors (Lipinski definition) is 4. The van der Waals surface area contributed by atoms with E-state index in [1.807, 2.05) is 79.7 Å². The Labute approximate surface area is 183 Å². The number of nitrogens with zero attached hydrogens (tertiary/aromatic N) is 2. The SMILES string of the molecule is CCOc1ccc2nc(N(Cc3ccccc3)C(=O)c3c[nH]c4ccccc34)sc2c1. The molecule has 31 heavy (non-hydrogen) atoms. The lowest BCUT2D eigenvalue weighted by Crippen LogP contribution is -2.30. The van der Waals surface area contributed by atoms with Crippen molar-refractivity contribution in [1.29, 1.82) is 0 Å². The van der Waals surface area contributed by atoms with Gasteiger partial charge in [-0.15, -0.1) is 0 Å². The van der Waals surface area contributed by atoms with E-state index in [0.717, 1.165) is 32.4 Å². The number of carbonyl (C=O) groups excluding carboxylic acids is 1. The number of fused-ring (bicyclic) bond motifs is 2. The topological polar surface area (TPSA) is 58.2 Å². The molecule has 0 saturated heterocycles. The van der Waals surface area contributed by atoms with E-state index in [9.17, 15) is 4.79 Å². The highest BCUT2D eigenvalue weighted by Crippen LogP contribution is 2.34. The van der Waals surface area contributed by atoms with Crippen molar-refractivity contribution in [3.63, 3.8) is 0 Å². The first-order chi connectivity index (χ1) is 15.2. The Morgan fingerprint density at radius 3 is 2.71 bits per heavy atom. The van der Waals surface area contributed by atoms with Crippen LogP contribution in [0.25, 0.3) is 21.1 Å². The van der Waals surface area contributed by atoms with Gasteiger partial charge in [0.15, 0.2) is 5.13 Å². The number of aromatic amines is 1. The zero-order valence-corrected chi connectivity index (χ0v) is 17.9. The summed E-state index contributed by atoms with van der Waals surface area (Å²) in [6.07, 6.45) is 1.78. The van der Waals surface area contributed by atoms with Gasteiger partial charge in [-0.1, -0.05) is 59.9 Å². The summed E-state index contributed by atoms with van der Waals surface area (Å²) in [5, 5.41) is 1.58. The summed E-state index contributed by atoms with van der Waals surface area (Å²) in [6, 6.07) is 23.7. The smallest absolute Gasteiger partial charge is 0.262 e. The lowest BCUT2D eigenvalue weighted by molar-refractivity contribution is 0.0986. The number of carbonyl (C=O) groups is 1. The minimum atomic E-state index is -0.0783. The van der Waals surface area contributed by atoms with Gasteiger partial charge in [0.25, 0.3) is 5.91 Å². The third-order valence-electron chi connectivity index (χ3n) is 5.14. The van der Waals surface area contributed by atoms with Gasteiger partial charge in [-0.3, -0.25) is 9.69 Å². The molecule has 0 saturated carbocycles. The van der Waals surface area contributed by atoms with Gasteiger partial charge >= 0.3 is 0 Å². The number of para-hydroxylation sites is 1. The number of nitrogens with one attached hydrogen (secondary N) is 1. The second kappa shape index (κ2) is 8.24. The third kappa shape index (κ3) is 3.78. The number of anilines is 1. The number of H-pyrrole nitrogens is 1.